The van der Waals surface area contributed by atoms with Gasteiger partial charge in [-0.25, -0.2) is 0 Å². The molecule has 0 fully saturated rings. The van der Waals surface area contributed by atoms with Gasteiger partial charge >= 0.3 is 0 Å². The minimum absolute atomic E-state index is 0.799. The third kappa shape index (κ3) is 2.03. The molecular formula is C9H10Cl. The highest BCUT2D eigenvalue weighted by Gasteiger charge is 1.89. The summed E-state index contributed by atoms with van der Waals surface area (Å²) in [6.07, 6.45) is 1.98. The second-order valence-corrected chi connectivity index (χ2v) is 2.67. The van der Waals surface area contributed by atoms with Gasteiger partial charge in [-0.05, 0) is 30.5 Å². The van der Waals surface area contributed by atoms with E-state index in [-0.39, 0.29) is 0 Å². The van der Waals surface area contributed by atoms with Gasteiger partial charge in [0.25, 0.3) is 0 Å². The maximum absolute atomic E-state index is 5.70. The number of halogens is 1. The van der Waals surface area contributed by atoms with Crippen LogP contribution in [0.15, 0.2) is 24.3 Å². The number of aryl methyl sites for hydroxylation is 1. The summed E-state index contributed by atoms with van der Waals surface area (Å²) in [4.78, 5) is 0. The summed E-state index contributed by atoms with van der Waals surface area (Å²) in [7, 11) is 0. The van der Waals surface area contributed by atoms with Gasteiger partial charge in [0.15, 0.2) is 0 Å². The molecule has 0 aromatic heterocycles. The summed E-state index contributed by atoms with van der Waals surface area (Å²) in [5.41, 5.74) is 1.31. The van der Waals surface area contributed by atoms with Gasteiger partial charge in [0.1, 0.15) is 0 Å². The molecule has 10 heavy (non-hydrogen) atoms. The summed E-state index contributed by atoms with van der Waals surface area (Å²) < 4.78 is 0. The van der Waals surface area contributed by atoms with Gasteiger partial charge in [0.05, 0.1) is 0 Å². The second kappa shape index (κ2) is 3.62. The molecule has 1 radical (unpaired) electrons. The molecule has 0 unspecified atom stereocenters. The molecule has 0 aliphatic rings. The van der Waals surface area contributed by atoms with E-state index in [9.17, 15) is 0 Å². The molecule has 0 saturated carbocycles. The average Bonchev–Trinajstić information content (AvgIpc) is 1.95. The Labute approximate surface area is 66.8 Å². The Balaban J connectivity index is 2.69. The SMILES string of the molecule is [CH2]CCc1ccc(Cl)cc1. The Morgan fingerprint density at radius 3 is 2.30 bits per heavy atom. The van der Waals surface area contributed by atoms with Crippen molar-refractivity contribution < 1.29 is 0 Å². The summed E-state index contributed by atoms with van der Waals surface area (Å²) in [5, 5.41) is 0.799. The molecule has 0 heterocycles. The van der Waals surface area contributed by atoms with Crippen LogP contribution in [0.5, 0.6) is 0 Å². The molecule has 0 saturated heterocycles. The van der Waals surface area contributed by atoms with Crippen LogP contribution in [-0.4, -0.2) is 0 Å². The van der Waals surface area contributed by atoms with Crippen LogP contribution in [0.4, 0.5) is 0 Å². The predicted octanol–water partition coefficient (Wildman–Crippen LogP) is 3.11. The first kappa shape index (κ1) is 7.62. The van der Waals surface area contributed by atoms with Crippen molar-refractivity contribution in [2.75, 3.05) is 0 Å². The van der Waals surface area contributed by atoms with E-state index in [1.165, 1.54) is 5.56 Å². The fourth-order valence-electron chi connectivity index (χ4n) is 0.855. The number of benzene rings is 1. The third-order valence-electron chi connectivity index (χ3n) is 1.38. The van der Waals surface area contributed by atoms with Crippen molar-refractivity contribution in [1.82, 2.24) is 0 Å². The van der Waals surface area contributed by atoms with Crippen LogP contribution < -0.4 is 0 Å². The molecule has 1 rings (SSSR count). The monoisotopic (exact) mass is 153 g/mol. The number of hydrogen-bond acceptors (Lipinski definition) is 0. The molecule has 1 aromatic rings. The number of rotatable bonds is 2. The van der Waals surface area contributed by atoms with Gasteiger partial charge < -0.3 is 0 Å². The molecule has 1 aromatic carbocycles. The average molecular weight is 154 g/mol. The zero-order chi connectivity index (χ0) is 7.40. The van der Waals surface area contributed by atoms with E-state index in [1.54, 1.807) is 0 Å². The van der Waals surface area contributed by atoms with Crippen LogP contribution in [0, 0.1) is 6.92 Å². The molecule has 0 spiro atoms. The second-order valence-electron chi connectivity index (χ2n) is 2.23. The lowest BCUT2D eigenvalue weighted by Gasteiger charge is -1.96. The fourth-order valence-corrected chi connectivity index (χ4v) is 0.981. The molecule has 0 aliphatic carbocycles. The summed E-state index contributed by atoms with van der Waals surface area (Å²) in [6.45, 7) is 3.77. The molecule has 0 amide bonds. The van der Waals surface area contributed by atoms with E-state index in [4.69, 9.17) is 11.6 Å². The summed E-state index contributed by atoms with van der Waals surface area (Å²) >= 11 is 5.70. The van der Waals surface area contributed by atoms with Crippen molar-refractivity contribution in [1.29, 1.82) is 0 Å². The molecule has 0 N–H and O–H groups in total. The van der Waals surface area contributed by atoms with Crippen molar-refractivity contribution in [3.8, 4) is 0 Å². The zero-order valence-electron chi connectivity index (χ0n) is 5.81. The first-order valence-corrected chi connectivity index (χ1v) is 3.74. The van der Waals surface area contributed by atoms with Crippen molar-refractivity contribution in [3.05, 3.63) is 41.8 Å². The highest BCUT2D eigenvalue weighted by molar-refractivity contribution is 6.30. The quantitative estimate of drug-likeness (QED) is 0.613. The van der Waals surface area contributed by atoms with Gasteiger partial charge in [0.2, 0.25) is 0 Å². The van der Waals surface area contributed by atoms with Crippen LogP contribution in [0.3, 0.4) is 0 Å². The van der Waals surface area contributed by atoms with Crippen molar-refractivity contribution in [3.63, 3.8) is 0 Å². The molecule has 0 bridgehead atoms. The fraction of sp³-hybridized carbons (Fsp3) is 0.222. The van der Waals surface area contributed by atoms with Crippen LogP contribution in [0.2, 0.25) is 5.02 Å². The molecule has 0 aliphatic heterocycles. The maximum atomic E-state index is 5.70. The Morgan fingerprint density at radius 1 is 1.20 bits per heavy atom. The first-order chi connectivity index (χ1) is 4.83. The molecule has 0 atom stereocenters. The van der Waals surface area contributed by atoms with Crippen molar-refractivity contribution in [2.24, 2.45) is 0 Å². The Hall–Kier alpha value is -0.490. The minimum atomic E-state index is 0.799. The number of hydrogen-bond donors (Lipinski definition) is 0. The summed E-state index contributed by atoms with van der Waals surface area (Å²) in [5.74, 6) is 0. The molecule has 0 nitrogen and oxygen atoms in total. The van der Waals surface area contributed by atoms with Gasteiger partial charge in [-0.3, -0.25) is 0 Å². The Morgan fingerprint density at radius 2 is 1.80 bits per heavy atom. The first-order valence-electron chi connectivity index (χ1n) is 3.36. The van der Waals surface area contributed by atoms with Crippen molar-refractivity contribution in [2.45, 2.75) is 12.8 Å². The van der Waals surface area contributed by atoms with Crippen LogP contribution >= 0.6 is 11.6 Å². The lowest BCUT2D eigenvalue weighted by Crippen LogP contribution is -1.80. The van der Waals surface area contributed by atoms with Crippen LogP contribution in [0.1, 0.15) is 12.0 Å². The van der Waals surface area contributed by atoms with Gasteiger partial charge in [0, 0.05) is 5.02 Å². The molecule has 53 valence electrons. The Kier molecular flexibility index (Phi) is 2.76. The highest BCUT2D eigenvalue weighted by atomic mass is 35.5. The van der Waals surface area contributed by atoms with Gasteiger partial charge in [-0.1, -0.05) is 30.7 Å². The minimum Gasteiger partial charge on any atom is -0.0843 e. The highest BCUT2D eigenvalue weighted by Crippen LogP contribution is 2.10. The Bertz CT molecular complexity index is 188. The lowest BCUT2D eigenvalue weighted by atomic mass is 10.1. The maximum Gasteiger partial charge on any atom is 0.0406 e. The van der Waals surface area contributed by atoms with E-state index in [2.05, 4.69) is 6.92 Å². The normalized spacial score (nSPS) is 9.80. The van der Waals surface area contributed by atoms with Crippen molar-refractivity contribution >= 4 is 11.6 Å². The standard InChI is InChI=1S/C9H10Cl/c1-2-3-8-4-6-9(10)7-5-8/h4-7H,1-3H2. The third-order valence-corrected chi connectivity index (χ3v) is 1.63. The van der Waals surface area contributed by atoms with Crippen LogP contribution in [-0.2, 0) is 6.42 Å². The molecular weight excluding hydrogens is 144 g/mol. The van der Waals surface area contributed by atoms with E-state index in [1.807, 2.05) is 24.3 Å². The summed E-state index contributed by atoms with van der Waals surface area (Å²) in [6, 6.07) is 7.89. The zero-order valence-corrected chi connectivity index (χ0v) is 6.56. The van der Waals surface area contributed by atoms with E-state index >= 15 is 0 Å². The lowest BCUT2D eigenvalue weighted by molar-refractivity contribution is 1.000. The van der Waals surface area contributed by atoms with E-state index in [0.29, 0.717) is 0 Å². The largest absolute Gasteiger partial charge is 0.0843 e. The smallest absolute Gasteiger partial charge is 0.0406 e. The van der Waals surface area contributed by atoms with Gasteiger partial charge in [-0.2, -0.15) is 0 Å². The molecule has 1 heteroatoms. The van der Waals surface area contributed by atoms with Gasteiger partial charge in [-0.15, -0.1) is 0 Å². The van der Waals surface area contributed by atoms with E-state index in [0.717, 1.165) is 17.9 Å². The topological polar surface area (TPSA) is 0 Å². The predicted molar refractivity (Wildman–Crippen MR) is 45.1 cm³/mol. The van der Waals surface area contributed by atoms with E-state index < -0.39 is 0 Å². The van der Waals surface area contributed by atoms with Crippen LogP contribution in [0.25, 0.3) is 0 Å².